The van der Waals surface area contributed by atoms with Crippen LogP contribution in [0.15, 0.2) is 29.6 Å². The maximum Gasteiger partial charge on any atom is 0.267 e. The zero-order valence-corrected chi connectivity index (χ0v) is 14.0. The molecule has 1 aliphatic rings. The average molecular weight is 336 g/mol. The molecule has 0 spiro atoms. The summed E-state index contributed by atoms with van der Waals surface area (Å²) < 4.78 is 34.8. The summed E-state index contributed by atoms with van der Waals surface area (Å²) in [6, 6.07) is 1.88. The Morgan fingerprint density at radius 3 is 2.74 bits per heavy atom. The third-order valence-corrected chi connectivity index (χ3v) is 5.59. The van der Waals surface area contributed by atoms with E-state index in [9.17, 15) is 8.42 Å². The molecule has 0 aromatic carbocycles. The summed E-state index contributed by atoms with van der Waals surface area (Å²) in [5.74, 6) is 0.258. The quantitative estimate of drug-likeness (QED) is 0.906. The Balaban J connectivity index is 1.89. The number of rotatable bonds is 5. The van der Waals surface area contributed by atoms with Crippen molar-refractivity contribution in [2.24, 2.45) is 0 Å². The summed E-state index contributed by atoms with van der Waals surface area (Å²) in [6.45, 7) is 1.88. The maximum atomic E-state index is 12.6. The van der Waals surface area contributed by atoms with Crippen LogP contribution in [0.2, 0.25) is 0 Å². The van der Waals surface area contributed by atoms with Gasteiger partial charge in [0.05, 0.1) is 36.9 Å². The monoisotopic (exact) mass is 336 g/mol. The summed E-state index contributed by atoms with van der Waals surface area (Å²) in [6.07, 6.45) is 8.89. The van der Waals surface area contributed by atoms with Crippen LogP contribution in [-0.4, -0.2) is 30.3 Å². The minimum absolute atomic E-state index is 0.00974. The SMILES string of the molecule is COc1ccncc1S(=O)(=O)Nc1cnn(C2CCCC2)c1C. The molecule has 0 amide bonds. The zero-order valence-electron chi connectivity index (χ0n) is 13.2. The number of hydrogen-bond acceptors (Lipinski definition) is 5. The zero-order chi connectivity index (χ0) is 16.4. The number of sulfonamides is 1. The summed E-state index contributed by atoms with van der Waals surface area (Å²) >= 11 is 0. The molecule has 0 bridgehead atoms. The van der Waals surface area contributed by atoms with Crippen LogP contribution in [0.1, 0.15) is 37.4 Å². The first-order valence-corrected chi connectivity index (χ1v) is 9.06. The van der Waals surface area contributed by atoms with E-state index in [2.05, 4.69) is 14.8 Å². The molecule has 1 fully saturated rings. The molecule has 0 unspecified atom stereocenters. The van der Waals surface area contributed by atoms with Crippen LogP contribution < -0.4 is 9.46 Å². The predicted octanol–water partition coefficient (Wildman–Crippen LogP) is 2.51. The van der Waals surface area contributed by atoms with Crippen molar-refractivity contribution in [1.29, 1.82) is 0 Å². The van der Waals surface area contributed by atoms with Crippen molar-refractivity contribution in [3.63, 3.8) is 0 Å². The highest BCUT2D eigenvalue weighted by Gasteiger charge is 2.24. The number of hydrogen-bond donors (Lipinski definition) is 1. The van der Waals surface area contributed by atoms with E-state index in [1.807, 2.05) is 11.6 Å². The van der Waals surface area contributed by atoms with Crippen LogP contribution >= 0.6 is 0 Å². The first-order valence-electron chi connectivity index (χ1n) is 7.58. The minimum Gasteiger partial charge on any atom is -0.495 e. The first-order chi connectivity index (χ1) is 11.0. The lowest BCUT2D eigenvalue weighted by Crippen LogP contribution is -2.15. The number of ether oxygens (including phenoxy) is 1. The van der Waals surface area contributed by atoms with E-state index in [0.717, 1.165) is 18.5 Å². The number of methoxy groups -OCH3 is 1. The van der Waals surface area contributed by atoms with Gasteiger partial charge in [-0.3, -0.25) is 14.4 Å². The number of nitrogens with zero attached hydrogens (tertiary/aromatic N) is 3. The summed E-state index contributed by atoms with van der Waals surface area (Å²) in [5.41, 5.74) is 1.31. The second-order valence-electron chi connectivity index (χ2n) is 5.66. The molecular formula is C15H20N4O3S. The molecule has 0 saturated heterocycles. The van der Waals surface area contributed by atoms with Gasteiger partial charge >= 0.3 is 0 Å². The van der Waals surface area contributed by atoms with Gasteiger partial charge in [-0.1, -0.05) is 12.8 Å². The van der Waals surface area contributed by atoms with Crippen molar-refractivity contribution in [3.05, 3.63) is 30.4 Å². The fourth-order valence-electron chi connectivity index (χ4n) is 2.98. The molecule has 7 nitrogen and oxygen atoms in total. The van der Waals surface area contributed by atoms with E-state index in [1.54, 1.807) is 6.20 Å². The Morgan fingerprint density at radius 2 is 2.04 bits per heavy atom. The van der Waals surface area contributed by atoms with Gasteiger partial charge in [0.1, 0.15) is 10.6 Å². The second-order valence-corrected chi connectivity index (χ2v) is 7.31. The van der Waals surface area contributed by atoms with Gasteiger partial charge in [-0.15, -0.1) is 0 Å². The molecule has 124 valence electrons. The van der Waals surface area contributed by atoms with Crippen LogP contribution in [0.25, 0.3) is 0 Å². The van der Waals surface area contributed by atoms with Crippen molar-refractivity contribution in [2.45, 2.75) is 43.5 Å². The summed E-state index contributed by atoms with van der Waals surface area (Å²) in [5, 5.41) is 4.36. The average Bonchev–Trinajstić information content (AvgIpc) is 3.18. The highest BCUT2D eigenvalue weighted by Crippen LogP contribution is 2.32. The third-order valence-electron chi connectivity index (χ3n) is 4.22. The van der Waals surface area contributed by atoms with Crippen molar-refractivity contribution < 1.29 is 13.2 Å². The lowest BCUT2D eigenvalue weighted by atomic mass is 10.2. The van der Waals surface area contributed by atoms with Gasteiger partial charge in [-0.2, -0.15) is 5.10 Å². The minimum atomic E-state index is -3.78. The molecular weight excluding hydrogens is 316 g/mol. The Labute approximate surface area is 135 Å². The number of nitrogens with one attached hydrogen (secondary N) is 1. The van der Waals surface area contributed by atoms with Gasteiger partial charge < -0.3 is 4.74 Å². The molecule has 2 aromatic rings. The van der Waals surface area contributed by atoms with Crippen molar-refractivity contribution >= 4 is 15.7 Å². The first kappa shape index (κ1) is 15.8. The van der Waals surface area contributed by atoms with Crippen LogP contribution in [-0.2, 0) is 10.0 Å². The Hall–Kier alpha value is -2.09. The van der Waals surface area contributed by atoms with E-state index in [-0.39, 0.29) is 10.6 Å². The molecule has 0 radical (unpaired) electrons. The highest BCUT2D eigenvalue weighted by atomic mass is 32.2. The molecule has 23 heavy (non-hydrogen) atoms. The molecule has 2 heterocycles. The van der Waals surface area contributed by atoms with Crippen LogP contribution in [0.5, 0.6) is 5.75 Å². The number of aromatic nitrogens is 3. The van der Waals surface area contributed by atoms with Gasteiger partial charge in [0.25, 0.3) is 10.0 Å². The smallest absolute Gasteiger partial charge is 0.267 e. The van der Waals surface area contributed by atoms with E-state index in [0.29, 0.717) is 11.7 Å². The van der Waals surface area contributed by atoms with Gasteiger partial charge in [-0.05, 0) is 25.8 Å². The molecule has 1 N–H and O–H groups in total. The molecule has 1 aliphatic carbocycles. The molecule has 3 rings (SSSR count). The van der Waals surface area contributed by atoms with Gasteiger partial charge in [0.2, 0.25) is 0 Å². The molecule has 0 aliphatic heterocycles. The van der Waals surface area contributed by atoms with Crippen molar-refractivity contribution in [3.8, 4) is 5.75 Å². The van der Waals surface area contributed by atoms with E-state index in [4.69, 9.17) is 4.74 Å². The third kappa shape index (κ3) is 3.03. The standard InChI is InChI=1S/C15H20N4O3S/c1-11-13(9-17-19(11)12-5-3-4-6-12)18-23(20,21)15-10-16-8-7-14(15)22-2/h7-10,12,18H,3-6H2,1-2H3. The Bertz CT molecular complexity index is 795. The maximum absolute atomic E-state index is 12.6. The molecule has 2 aromatic heterocycles. The molecule has 8 heteroatoms. The van der Waals surface area contributed by atoms with Crippen molar-refractivity contribution in [1.82, 2.24) is 14.8 Å². The van der Waals surface area contributed by atoms with Crippen LogP contribution in [0.3, 0.4) is 0 Å². The fourth-order valence-corrected chi connectivity index (χ4v) is 4.19. The highest BCUT2D eigenvalue weighted by molar-refractivity contribution is 7.92. The van der Waals surface area contributed by atoms with Gasteiger partial charge in [0, 0.05) is 6.20 Å². The van der Waals surface area contributed by atoms with Gasteiger partial charge in [-0.25, -0.2) is 8.42 Å². The predicted molar refractivity (Wildman–Crippen MR) is 86.1 cm³/mol. The number of pyridine rings is 1. The van der Waals surface area contributed by atoms with Crippen LogP contribution in [0.4, 0.5) is 5.69 Å². The van der Waals surface area contributed by atoms with E-state index in [1.165, 1.54) is 38.4 Å². The van der Waals surface area contributed by atoms with Crippen LogP contribution in [0, 0.1) is 6.92 Å². The lowest BCUT2D eigenvalue weighted by molar-refractivity contribution is 0.402. The van der Waals surface area contributed by atoms with E-state index >= 15 is 0 Å². The topological polar surface area (TPSA) is 86.1 Å². The lowest BCUT2D eigenvalue weighted by Gasteiger charge is -2.13. The Kier molecular flexibility index (Phi) is 4.25. The number of anilines is 1. The molecule has 0 atom stereocenters. The molecule has 1 saturated carbocycles. The Morgan fingerprint density at radius 1 is 1.30 bits per heavy atom. The van der Waals surface area contributed by atoms with E-state index < -0.39 is 10.0 Å². The largest absolute Gasteiger partial charge is 0.495 e. The second kappa shape index (κ2) is 6.19. The summed E-state index contributed by atoms with van der Waals surface area (Å²) in [7, 11) is -2.35. The fraction of sp³-hybridized carbons (Fsp3) is 0.467. The normalized spacial score (nSPS) is 15.7. The van der Waals surface area contributed by atoms with Crippen molar-refractivity contribution in [2.75, 3.05) is 11.8 Å². The van der Waals surface area contributed by atoms with Gasteiger partial charge in [0.15, 0.2) is 0 Å². The summed E-state index contributed by atoms with van der Waals surface area (Å²) in [4.78, 5) is 3.88.